The summed E-state index contributed by atoms with van der Waals surface area (Å²) in [5, 5.41) is 2.90. The Bertz CT molecular complexity index is 890. The van der Waals surface area contributed by atoms with Gasteiger partial charge in [-0.1, -0.05) is 29.8 Å². The molecule has 1 aliphatic rings. The first-order chi connectivity index (χ1) is 12.4. The number of anilines is 1. The van der Waals surface area contributed by atoms with E-state index in [0.29, 0.717) is 30.5 Å². The number of halogens is 1. The van der Waals surface area contributed by atoms with Gasteiger partial charge in [-0.3, -0.25) is 9.69 Å². The lowest BCUT2D eigenvalue weighted by Gasteiger charge is -2.33. The molecule has 0 aliphatic carbocycles. The zero-order valence-corrected chi connectivity index (χ0v) is 16.7. The number of carbonyl (C=O) groups is 1. The highest BCUT2D eigenvalue weighted by molar-refractivity contribution is 7.91. The van der Waals surface area contributed by atoms with Gasteiger partial charge in [0.15, 0.2) is 0 Å². The van der Waals surface area contributed by atoms with E-state index >= 15 is 0 Å². The quantitative estimate of drug-likeness (QED) is 0.818. The summed E-state index contributed by atoms with van der Waals surface area (Å²) in [5.41, 5.74) is 1.81. The van der Waals surface area contributed by atoms with Crippen LogP contribution >= 0.6 is 22.9 Å². The Morgan fingerprint density at radius 2 is 1.85 bits per heavy atom. The molecule has 0 bridgehead atoms. The van der Waals surface area contributed by atoms with Crippen LogP contribution in [0, 0.1) is 6.92 Å². The largest absolute Gasteiger partial charge is 0.325 e. The van der Waals surface area contributed by atoms with Crippen LogP contribution < -0.4 is 5.32 Å². The standard InChI is InChI=1S/C17H20ClN3O3S2/c1-13-4-2-3-5-14(13)19-16(22)12-20-8-10-21(11-9-20)26(23,24)17-7-6-15(18)25-17/h2-7H,8-12H2,1H3,(H,19,22). The highest BCUT2D eigenvalue weighted by atomic mass is 35.5. The summed E-state index contributed by atoms with van der Waals surface area (Å²) in [6.45, 7) is 3.92. The number of benzene rings is 1. The fourth-order valence-electron chi connectivity index (χ4n) is 2.80. The average molecular weight is 414 g/mol. The smallest absolute Gasteiger partial charge is 0.252 e. The van der Waals surface area contributed by atoms with Crippen molar-refractivity contribution in [1.29, 1.82) is 0 Å². The van der Waals surface area contributed by atoms with E-state index in [4.69, 9.17) is 11.6 Å². The van der Waals surface area contributed by atoms with E-state index in [9.17, 15) is 13.2 Å². The molecule has 6 nitrogen and oxygen atoms in total. The van der Waals surface area contributed by atoms with Crippen LogP contribution in [0.5, 0.6) is 0 Å². The lowest BCUT2D eigenvalue weighted by atomic mass is 10.2. The van der Waals surface area contributed by atoms with E-state index in [1.165, 1.54) is 10.4 Å². The van der Waals surface area contributed by atoms with Gasteiger partial charge in [0, 0.05) is 31.9 Å². The molecule has 1 saturated heterocycles. The van der Waals surface area contributed by atoms with Crippen molar-refractivity contribution in [2.24, 2.45) is 0 Å². The van der Waals surface area contributed by atoms with Crippen molar-refractivity contribution >= 4 is 44.6 Å². The van der Waals surface area contributed by atoms with E-state index in [1.807, 2.05) is 36.1 Å². The fourth-order valence-corrected chi connectivity index (χ4v) is 5.86. The van der Waals surface area contributed by atoms with Gasteiger partial charge in [0.05, 0.1) is 10.9 Å². The lowest BCUT2D eigenvalue weighted by molar-refractivity contribution is -0.117. The number of sulfonamides is 1. The van der Waals surface area contributed by atoms with Crippen LogP contribution in [0.15, 0.2) is 40.6 Å². The second-order valence-electron chi connectivity index (χ2n) is 6.10. The van der Waals surface area contributed by atoms with Crippen molar-refractivity contribution in [3.8, 4) is 0 Å². The van der Waals surface area contributed by atoms with Crippen LogP contribution in [0.2, 0.25) is 4.34 Å². The maximum Gasteiger partial charge on any atom is 0.252 e. The van der Waals surface area contributed by atoms with Crippen molar-refractivity contribution in [3.63, 3.8) is 0 Å². The third-order valence-electron chi connectivity index (χ3n) is 4.26. The molecular weight excluding hydrogens is 394 g/mol. The first-order valence-electron chi connectivity index (χ1n) is 8.19. The zero-order chi connectivity index (χ0) is 18.7. The molecule has 1 fully saturated rings. The van der Waals surface area contributed by atoms with Crippen molar-refractivity contribution in [2.45, 2.75) is 11.1 Å². The van der Waals surface area contributed by atoms with E-state index in [2.05, 4.69) is 5.32 Å². The van der Waals surface area contributed by atoms with Crippen molar-refractivity contribution in [3.05, 3.63) is 46.3 Å². The van der Waals surface area contributed by atoms with Crippen molar-refractivity contribution in [1.82, 2.24) is 9.21 Å². The number of rotatable bonds is 5. The number of nitrogens with zero attached hydrogens (tertiary/aromatic N) is 2. The molecule has 3 rings (SSSR count). The first-order valence-corrected chi connectivity index (χ1v) is 10.8. The maximum absolute atomic E-state index is 12.6. The van der Waals surface area contributed by atoms with Gasteiger partial charge in [0.1, 0.15) is 4.21 Å². The first kappa shape index (κ1) is 19.3. The molecule has 26 heavy (non-hydrogen) atoms. The van der Waals surface area contributed by atoms with Gasteiger partial charge in [-0.15, -0.1) is 11.3 Å². The van der Waals surface area contributed by atoms with Gasteiger partial charge in [-0.05, 0) is 30.7 Å². The summed E-state index contributed by atoms with van der Waals surface area (Å²) in [7, 11) is -3.51. The normalized spacial score (nSPS) is 16.5. The molecule has 140 valence electrons. The number of hydrogen-bond acceptors (Lipinski definition) is 5. The topological polar surface area (TPSA) is 69.7 Å². The Hall–Kier alpha value is -1.45. The fraction of sp³-hybridized carbons (Fsp3) is 0.353. The second-order valence-corrected chi connectivity index (χ2v) is 9.98. The molecule has 2 aromatic rings. The SMILES string of the molecule is Cc1ccccc1NC(=O)CN1CCN(S(=O)(=O)c2ccc(Cl)s2)CC1. The molecule has 0 atom stereocenters. The Morgan fingerprint density at radius 3 is 2.46 bits per heavy atom. The van der Waals surface area contributed by atoms with Crippen LogP contribution in [0.4, 0.5) is 5.69 Å². The van der Waals surface area contributed by atoms with Crippen molar-refractivity contribution in [2.75, 3.05) is 38.0 Å². The molecule has 9 heteroatoms. The second kappa shape index (κ2) is 8.06. The van der Waals surface area contributed by atoms with Gasteiger partial charge in [0.25, 0.3) is 10.0 Å². The number of nitrogens with one attached hydrogen (secondary N) is 1. The molecule has 1 aromatic carbocycles. The third-order valence-corrected chi connectivity index (χ3v) is 7.86. The van der Waals surface area contributed by atoms with E-state index in [1.54, 1.807) is 6.07 Å². The van der Waals surface area contributed by atoms with E-state index < -0.39 is 10.0 Å². The molecule has 2 heterocycles. The summed E-state index contributed by atoms with van der Waals surface area (Å²) < 4.78 is 27.3. The summed E-state index contributed by atoms with van der Waals surface area (Å²) >= 11 is 6.91. The van der Waals surface area contributed by atoms with Crippen LogP contribution in [-0.4, -0.2) is 56.3 Å². The van der Waals surface area contributed by atoms with Gasteiger partial charge in [-0.25, -0.2) is 8.42 Å². The summed E-state index contributed by atoms with van der Waals surface area (Å²) in [4.78, 5) is 14.2. The van der Waals surface area contributed by atoms with E-state index in [0.717, 1.165) is 22.6 Å². The number of amides is 1. The van der Waals surface area contributed by atoms with E-state index in [-0.39, 0.29) is 16.7 Å². The number of aryl methyl sites for hydroxylation is 1. The third kappa shape index (κ3) is 4.44. The Balaban J connectivity index is 1.54. The monoisotopic (exact) mass is 413 g/mol. The van der Waals surface area contributed by atoms with Crippen molar-refractivity contribution < 1.29 is 13.2 Å². The zero-order valence-electron chi connectivity index (χ0n) is 14.3. The van der Waals surface area contributed by atoms with Gasteiger partial charge < -0.3 is 5.32 Å². The van der Waals surface area contributed by atoms with Gasteiger partial charge in [-0.2, -0.15) is 4.31 Å². The number of para-hydroxylation sites is 1. The van der Waals surface area contributed by atoms with Crippen LogP contribution in [-0.2, 0) is 14.8 Å². The molecule has 1 aromatic heterocycles. The molecule has 1 N–H and O–H groups in total. The van der Waals surface area contributed by atoms with Gasteiger partial charge in [0.2, 0.25) is 5.91 Å². The van der Waals surface area contributed by atoms with Crippen LogP contribution in [0.1, 0.15) is 5.56 Å². The Labute approximate surface area is 162 Å². The number of carbonyl (C=O) groups excluding carboxylic acids is 1. The highest BCUT2D eigenvalue weighted by Crippen LogP contribution is 2.28. The molecule has 0 radical (unpaired) electrons. The molecule has 0 unspecified atom stereocenters. The Morgan fingerprint density at radius 1 is 1.15 bits per heavy atom. The molecule has 1 amide bonds. The lowest BCUT2D eigenvalue weighted by Crippen LogP contribution is -2.50. The maximum atomic E-state index is 12.6. The number of thiophene rings is 1. The predicted octanol–water partition coefficient (Wildman–Crippen LogP) is 2.65. The number of piperazine rings is 1. The van der Waals surface area contributed by atoms with Crippen LogP contribution in [0.3, 0.4) is 0 Å². The molecule has 0 saturated carbocycles. The number of hydrogen-bond donors (Lipinski definition) is 1. The minimum absolute atomic E-state index is 0.0966. The molecule has 0 spiro atoms. The highest BCUT2D eigenvalue weighted by Gasteiger charge is 2.30. The summed E-state index contributed by atoms with van der Waals surface area (Å²) in [5.74, 6) is -0.0966. The minimum atomic E-state index is -3.51. The van der Waals surface area contributed by atoms with Gasteiger partial charge >= 0.3 is 0 Å². The Kier molecular flexibility index (Phi) is 5.99. The minimum Gasteiger partial charge on any atom is -0.325 e. The summed E-state index contributed by atoms with van der Waals surface area (Å²) in [6.07, 6.45) is 0. The average Bonchev–Trinajstić information content (AvgIpc) is 3.05. The van der Waals surface area contributed by atoms with Crippen LogP contribution in [0.25, 0.3) is 0 Å². The summed E-state index contributed by atoms with van der Waals surface area (Å²) in [6, 6.07) is 10.7. The molecular formula is C17H20ClN3O3S2. The molecule has 1 aliphatic heterocycles. The predicted molar refractivity (Wildman–Crippen MR) is 104 cm³/mol.